The van der Waals surface area contributed by atoms with Gasteiger partial charge in [-0.1, -0.05) is 0 Å². The van der Waals surface area contributed by atoms with Crippen molar-refractivity contribution in [1.29, 1.82) is 0 Å². The van der Waals surface area contributed by atoms with Gasteiger partial charge in [0.2, 0.25) is 0 Å². The molecule has 0 amide bonds. The lowest BCUT2D eigenvalue weighted by Crippen LogP contribution is -1.96. The summed E-state index contributed by atoms with van der Waals surface area (Å²) >= 11 is 3.34. The highest BCUT2D eigenvalue weighted by Gasteiger charge is 2.07. The molecule has 0 saturated carbocycles. The average molecular weight is 254 g/mol. The fourth-order valence-corrected chi connectivity index (χ4v) is 1.46. The van der Waals surface area contributed by atoms with Crippen LogP contribution in [0.4, 0.5) is 5.82 Å². The van der Waals surface area contributed by atoms with Crippen LogP contribution in [0.5, 0.6) is 0 Å². The van der Waals surface area contributed by atoms with Crippen LogP contribution in [0, 0.1) is 0 Å². The molecular weight excluding hydrogens is 246 g/mol. The molecule has 0 atom stereocenters. The topological polar surface area (TPSA) is 51.0 Å². The molecule has 0 unspecified atom stereocenters. The monoisotopic (exact) mass is 253 g/mol. The van der Waals surface area contributed by atoms with E-state index < -0.39 is 0 Å². The van der Waals surface area contributed by atoms with E-state index in [1.165, 1.54) is 0 Å². The summed E-state index contributed by atoms with van der Waals surface area (Å²) in [4.78, 5) is 8.41. The Kier molecular flexibility index (Phi) is 2.49. The van der Waals surface area contributed by atoms with Gasteiger partial charge in [-0.05, 0) is 28.1 Å². The number of anilines is 1. The molecule has 14 heavy (non-hydrogen) atoms. The molecule has 0 fully saturated rings. The molecule has 0 aromatic carbocycles. The molecule has 2 rings (SSSR count). The number of halogens is 1. The minimum absolute atomic E-state index is 0.572. The van der Waals surface area contributed by atoms with E-state index in [1.807, 2.05) is 6.07 Å². The Labute approximate surface area is 89.5 Å². The van der Waals surface area contributed by atoms with Gasteiger partial charge in [0.05, 0.1) is 10.7 Å². The maximum Gasteiger partial charge on any atom is 0.197 e. The highest BCUT2D eigenvalue weighted by Crippen LogP contribution is 2.22. The van der Waals surface area contributed by atoms with Crippen molar-refractivity contribution in [3.05, 3.63) is 29.1 Å². The van der Waals surface area contributed by atoms with Gasteiger partial charge >= 0.3 is 0 Å². The van der Waals surface area contributed by atoms with Crippen molar-refractivity contribution in [2.45, 2.75) is 0 Å². The normalized spacial score (nSPS) is 10.1. The van der Waals surface area contributed by atoms with Gasteiger partial charge in [0, 0.05) is 13.2 Å². The molecule has 2 heterocycles. The van der Waals surface area contributed by atoms with Crippen molar-refractivity contribution in [2.24, 2.45) is 0 Å². The standard InChI is InChI=1S/C9H8BrN3O/c1-11-8-6(10)5-12-9(13-8)7-3-2-4-14-7/h2-5H,1H3,(H,11,12,13). The SMILES string of the molecule is CNc1nc(-c2ccco2)ncc1Br. The van der Waals surface area contributed by atoms with E-state index in [0.29, 0.717) is 11.6 Å². The summed E-state index contributed by atoms with van der Waals surface area (Å²) < 4.78 is 6.02. The van der Waals surface area contributed by atoms with Crippen molar-refractivity contribution in [3.8, 4) is 11.6 Å². The highest BCUT2D eigenvalue weighted by atomic mass is 79.9. The number of aromatic nitrogens is 2. The molecular formula is C9H8BrN3O. The molecule has 0 spiro atoms. The zero-order valence-electron chi connectivity index (χ0n) is 7.49. The van der Waals surface area contributed by atoms with Gasteiger partial charge in [-0.25, -0.2) is 9.97 Å². The maximum atomic E-state index is 5.19. The largest absolute Gasteiger partial charge is 0.461 e. The smallest absolute Gasteiger partial charge is 0.197 e. The van der Waals surface area contributed by atoms with Crippen molar-refractivity contribution in [3.63, 3.8) is 0 Å². The van der Waals surface area contributed by atoms with Crippen LogP contribution >= 0.6 is 15.9 Å². The number of nitrogens with one attached hydrogen (secondary N) is 1. The summed E-state index contributed by atoms with van der Waals surface area (Å²) in [7, 11) is 1.80. The summed E-state index contributed by atoms with van der Waals surface area (Å²) in [6.45, 7) is 0. The molecule has 0 aliphatic rings. The van der Waals surface area contributed by atoms with E-state index >= 15 is 0 Å². The van der Waals surface area contributed by atoms with Gasteiger partial charge in [0.1, 0.15) is 5.82 Å². The second-order valence-electron chi connectivity index (χ2n) is 2.62. The summed E-state index contributed by atoms with van der Waals surface area (Å²) in [5.74, 6) is 1.97. The highest BCUT2D eigenvalue weighted by molar-refractivity contribution is 9.10. The van der Waals surface area contributed by atoms with Crippen LogP contribution in [0.25, 0.3) is 11.6 Å². The molecule has 0 aliphatic carbocycles. The Bertz CT molecular complexity index is 428. The number of nitrogens with zero attached hydrogens (tertiary/aromatic N) is 2. The maximum absolute atomic E-state index is 5.19. The van der Waals surface area contributed by atoms with Crippen molar-refractivity contribution >= 4 is 21.7 Å². The summed E-state index contributed by atoms with van der Waals surface area (Å²) in [5, 5.41) is 2.96. The first-order chi connectivity index (χ1) is 6.81. The van der Waals surface area contributed by atoms with E-state index in [4.69, 9.17) is 4.42 Å². The predicted molar refractivity (Wildman–Crippen MR) is 57.0 cm³/mol. The molecule has 5 heteroatoms. The van der Waals surface area contributed by atoms with Gasteiger partial charge in [0.15, 0.2) is 11.6 Å². The van der Waals surface area contributed by atoms with E-state index in [9.17, 15) is 0 Å². The lowest BCUT2D eigenvalue weighted by atomic mass is 10.4. The third kappa shape index (κ3) is 1.63. The summed E-state index contributed by atoms with van der Waals surface area (Å²) in [6, 6.07) is 3.63. The van der Waals surface area contributed by atoms with Crippen molar-refractivity contribution < 1.29 is 4.42 Å². The molecule has 2 aromatic heterocycles. The Balaban J connectivity index is 2.46. The van der Waals surface area contributed by atoms with Gasteiger partial charge in [0.25, 0.3) is 0 Å². The molecule has 1 N–H and O–H groups in total. The minimum atomic E-state index is 0.572. The fraction of sp³-hybridized carbons (Fsp3) is 0.111. The van der Waals surface area contributed by atoms with Crippen LogP contribution in [0.15, 0.2) is 33.5 Å². The van der Waals surface area contributed by atoms with Crippen LogP contribution < -0.4 is 5.32 Å². The van der Waals surface area contributed by atoms with E-state index in [1.54, 1.807) is 25.6 Å². The van der Waals surface area contributed by atoms with Crippen LogP contribution in [-0.2, 0) is 0 Å². The molecule has 72 valence electrons. The van der Waals surface area contributed by atoms with Gasteiger partial charge in [-0.2, -0.15) is 0 Å². The van der Waals surface area contributed by atoms with Gasteiger partial charge in [-0.3, -0.25) is 0 Å². The van der Waals surface area contributed by atoms with Gasteiger partial charge < -0.3 is 9.73 Å². The molecule has 0 aliphatic heterocycles. The second-order valence-corrected chi connectivity index (χ2v) is 3.47. The Hall–Kier alpha value is -1.36. The van der Waals surface area contributed by atoms with Crippen molar-refractivity contribution in [2.75, 3.05) is 12.4 Å². The summed E-state index contributed by atoms with van der Waals surface area (Å²) in [5.41, 5.74) is 0. The van der Waals surface area contributed by atoms with E-state index in [0.717, 1.165) is 10.3 Å². The molecule has 0 bridgehead atoms. The predicted octanol–water partition coefficient (Wildman–Crippen LogP) is 2.54. The number of hydrogen-bond donors (Lipinski definition) is 1. The fourth-order valence-electron chi connectivity index (χ4n) is 1.07. The minimum Gasteiger partial charge on any atom is -0.461 e. The Morgan fingerprint density at radius 1 is 1.50 bits per heavy atom. The lowest BCUT2D eigenvalue weighted by Gasteiger charge is -2.02. The number of hydrogen-bond acceptors (Lipinski definition) is 4. The second kappa shape index (κ2) is 3.79. The number of furan rings is 1. The first-order valence-corrected chi connectivity index (χ1v) is 4.84. The third-order valence-corrected chi connectivity index (χ3v) is 2.30. The van der Waals surface area contributed by atoms with Crippen molar-refractivity contribution in [1.82, 2.24) is 9.97 Å². The van der Waals surface area contributed by atoms with Crippen LogP contribution in [-0.4, -0.2) is 17.0 Å². The first kappa shape index (κ1) is 9.21. The first-order valence-electron chi connectivity index (χ1n) is 4.05. The zero-order valence-corrected chi connectivity index (χ0v) is 9.08. The van der Waals surface area contributed by atoms with E-state index in [-0.39, 0.29) is 0 Å². The van der Waals surface area contributed by atoms with Gasteiger partial charge in [-0.15, -0.1) is 0 Å². The third-order valence-electron chi connectivity index (χ3n) is 1.72. The van der Waals surface area contributed by atoms with E-state index in [2.05, 4.69) is 31.2 Å². The molecule has 0 radical (unpaired) electrons. The van der Waals surface area contributed by atoms with Crippen LogP contribution in [0.2, 0.25) is 0 Å². The average Bonchev–Trinajstić information content (AvgIpc) is 2.71. The van der Waals surface area contributed by atoms with Crippen LogP contribution in [0.1, 0.15) is 0 Å². The lowest BCUT2D eigenvalue weighted by molar-refractivity contribution is 0.577. The Morgan fingerprint density at radius 2 is 2.36 bits per heavy atom. The number of rotatable bonds is 2. The zero-order chi connectivity index (χ0) is 9.97. The Morgan fingerprint density at radius 3 is 3.00 bits per heavy atom. The molecule has 4 nitrogen and oxygen atoms in total. The summed E-state index contributed by atoms with van der Waals surface area (Å²) in [6.07, 6.45) is 3.29. The molecule has 2 aromatic rings. The molecule has 0 saturated heterocycles. The van der Waals surface area contributed by atoms with Crippen LogP contribution in [0.3, 0.4) is 0 Å². The quantitative estimate of drug-likeness (QED) is 0.894.